The van der Waals surface area contributed by atoms with E-state index in [4.69, 9.17) is 11.6 Å². The molecule has 168 valence electrons. The van der Waals surface area contributed by atoms with Crippen molar-refractivity contribution < 1.29 is 13.2 Å². The van der Waals surface area contributed by atoms with Gasteiger partial charge in [-0.2, -0.15) is 0 Å². The van der Waals surface area contributed by atoms with Crippen molar-refractivity contribution in [1.82, 2.24) is 4.90 Å². The highest BCUT2D eigenvalue weighted by Gasteiger charge is 2.22. The summed E-state index contributed by atoms with van der Waals surface area (Å²) in [6, 6.07) is 12.2. The van der Waals surface area contributed by atoms with Crippen LogP contribution in [0.5, 0.6) is 0 Å². The molecule has 1 heterocycles. The fourth-order valence-corrected chi connectivity index (χ4v) is 4.79. The molecule has 1 N–H and O–H groups in total. The van der Waals surface area contributed by atoms with Crippen LogP contribution in [0.25, 0.3) is 0 Å². The molecule has 1 fully saturated rings. The Bertz CT molecular complexity index is 1040. The van der Waals surface area contributed by atoms with E-state index >= 15 is 0 Å². The van der Waals surface area contributed by atoms with Crippen LogP contribution in [0, 0.1) is 6.92 Å². The summed E-state index contributed by atoms with van der Waals surface area (Å²) in [7, 11) is -3.66. The van der Waals surface area contributed by atoms with Crippen LogP contribution in [0.1, 0.15) is 12.5 Å². The maximum Gasteiger partial charge on any atom is 0.245 e. The number of nitrogens with zero attached hydrogens (tertiary/aromatic N) is 3. The van der Waals surface area contributed by atoms with E-state index in [1.165, 1.54) is 6.07 Å². The number of halogens is 1. The minimum atomic E-state index is -3.66. The van der Waals surface area contributed by atoms with Crippen LogP contribution in [0.3, 0.4) is 0 Å². The Morgan fingerprint density at radius 3 is 2.42 bits per heavy atom. The van der Waals surface area contributed by atoms with E-state index in [2.05, 4.69) is 22.0 Å². The molecule has 0 atom stereocenters. The number of likely N-dealkylation sites (N-methyl/N-ethyl adjacent to an activating group) is 1. The van der Waals surface area contributed by atoms with Gasteiger partial charge in [-0.1, -0.05) is 24.6 Å². The molecule has 0 saturated carbocycles. The van der Waals surface area contributed by atoms with Gasteiger partial charge >= 0.3 is 0 Å². The highest BCUT2D eigenvalue weighted by atomic mass is 35.5. The van der Waals surface area contributed by atoms with Crippen LogP contribution in [0.4, 0.5) is 17.1 Å². The SMILES string of the molecule is CCN1CCN(c2ccc(NC(=O)CN(c3cccc(Cl)c3)S(C)(=O)=O)cc2C)CC1. The van der Waals surface area contributed by atoms with Crippen molar-refractivity contribution in [2.75, 3.05) is 60.0 Å². The second kappa shape index (κ2) is 9.89. The van der Waals surface area contributed by atoms with E-state index in [0.717, 1.165) is 54.5 Å². The van der Waals surface area contributed by atoms with Crippen molar-refractivity contribution in [3.05, 3.63) is 53.1 Å². The summed E-state index contributed by atoms with van der Waals surface area (Å²) < 4.78 is 25.5. The summed E-state index contributed by atoms with van der Waals surface area (Å²) in [5, 5.41) is 3.21. The first-order chi connectivity index (χ1) is 14.7. The molecule has 7 nitrogen and oxygen atoms in total. The van der Waals surface area contributed by atoms with Gasteiger partial charge in [-0.3, -0.25) is 9.10 Å². The number of sulfonamides is 1. The largest absolute Gasteiger partial charge is 0.369 e. The lowest BCUT2D eigenvalue weighted by molar-refractivity contribution is -0.114. The lowest BCUT2D eigenvalue weighted by Gasteiger charge is -2.36. The number of carbonyl (C=O) groups excluding carboxylic acids is 1. The van der Waals surface area contributed by atoms with Gasteiger partial charge in [-0.05, 0) is 55.4 Å². The van der Waals surface area contributed by atoms with Crippen LogP contribution >= 0.6 is 11.6 Å². The van der Waals surface area contributed by atoms with Crippen LogP contribution in [-0.4, -0.2) is 64.7 Å². The minimum Gasteiger partial charge on any atom is -0.369 e. The second-order valence-electron chi connectivity index (χ2n) is 7.72. The number of nitrogens with one attached hydrogen (secondary N) is 1. The first-order valence-corrected chi connectivity index (χ1v) is 12.5. The lowest BCUT2D eigenvalue weighted by atomic mass is 10.1. The standard InChI is InChI=1S/C22H29ClN4O3S/c1-4-25-10-12-26(13-11-25)21-9-8-19(14-17(21)2)24-22(28)16-27(31(3,29)30)20-7-5-6-18(23)15-20/h5-9,14-15H,4,10-13,16H2,1-3H3,(H,24,28). The lowest BCUT2D eigenvalue weighted by Crippen LogP contribution is -2.46. The third-order valence-corrected chi connectivity index (χ3v) is 6.80. The van der Waals surface area contributed by atoms with Crippen molar-refractivity contribution in [2.45, 2.75) is 13.8 Å². The third-order valence-electron chi connectivity index (χ3n) is 5.42. The molecule has 1 aliphatic rings. The number of anilines is 3. The summed E-state index contributed by atoms with van der Waals surface area (Å²) in [6.45, 7) is 8.96. The molecule has 0 radical (unpaired) electrons. The molecule has 9 heteroatoms. The minimum absolute atomic E-state index is 0.334. The maximum atomic E-state index is 12.6. The van der Waals surface area contributed by atoms with Gasteiger partial charge in [0.15, 0.2) is 0 Å². The average Bonchev–Trinajstić information content (AvgIpc) is 2.71. The first kappa shape index (κ1) is 23.4. The fraction of sp³-hybridized carbons (Fsp3) is 0.409. The second-order valence-corrected chi connectivity index (χ2v) is 10.1. The summed E-state index contributed by atoms with van der Waals surface area (Å²) in [4.78, 5) is 17.4. The average molecular weight is 465 g/mol. The van der Waals surface area contributed by atoms with Crippen LogP contribution in [0.15, 0.2) is 42.5 Å². The Kier molecular flexibility index (Phi) is 7.46. The zero-order chi connectivity index (χ0) is 22.6. The van der Waals surface area contributed by atoms with Crippen molar-refractivity contribution in [3.8, 4) is 0 Å². The molecule has 0 unspecified atom stereocenters. The summed E-state index contributed by atoms with van der Waals surface area (Å²) in [5.41, 5.74) is 3.21. The number of hydrogen-bond donors (Lipinski definition) is 1. The molecular formula is C22H29ClN4O3S. The Labute approximate surface area is 189 Å². The molecule has 0 aliphatic carbocycles. The summed E-state index contributed by atoms with van der Waals surface area (Å²) in [6.07, 6.45) is 1.07. The van der Waals surface area contributed by atoms with E-state index < -0.39 is 15.9 Å². The van der Waals surface area contributed by atoms with Crippen LogP contribution in [-0.2, 0) is 14.8 Å². The molecule has 1 aliphatic heterocycles. The molecule has 2 aromatic rings. The van der Waals surface area contributed by atoms with Gasteiger partial charge in [0.2, 0.25) is 15.9 Å². The smallest absolute Gasteiger partial charge is 0.245 e. The number of rotatable bonds is 7. The molecule has 0 spiro atoms. The predicted molar refractivity (Wildman–Crippen MR) is 128 cm³/mol. The molecule has 31 heavy (non-hydrogen) atoms. The number of piperazine rings is 1. The molecule has 3 rings (SSSR count). The van der Waals surface area contributed by atoms with E-state index in [9.17, 15) is 13.2 Å². The van der Waals surface area contributed by atoms with Gasteiger partial charge in [0.25, 0.3) is 0 Å². The zero-order valence-corrected chi connectivity index (χ0v) is 19.7. The highest BCUT2D eigenvalue weighted by Crippen LogP contribution is 2.25. The number of hydrogen-bond acceptors (Lipinski definition) is 5. The topological polar surface area (TPSA) is 73.0 Å². The van der Waals surface area contributed by atoms with E-state index in [-0.39, 0.29) is 6.54 Å². The molecular weight excluding hydrogens is 436 g/mol. The Morgan fingerprint density at radius 2 is 1.84 bits per heavy atom. The third kappa shape index (κ3) is 6.12. The number of benzene rings is 2. The van der Waals surface area contributed by atoms with Crippen LogP contribution < -0.4 is 14.5 Å². The molecule has 1 amide bonds. The van der Waals surface area contributed by atoms with Crippen molar-refractivity contribution >= 4 is 44.6 Å². The van der Waals surface area contributed by atoms with Gasteiger partial charge in [0.05, 0.1) is 11.9 Å². The summed E-state index contributed by atoms with van der Waals surface area (Å²) >= 11 is 5.99. The monoisotopic (exact) mass is 464 g/mol. The first-order valence-electron chi connectivity index (χ1n) is 10.3. The molecule has 2 aromatic carbocycles. The quantitative estimate of drug-likeness (QED) is 0.681. The van der Waals surface area contributed by atoms with Gasteiger partial charge < -0.3 is 15.1 Å². The molecule has 0 bridgehead atoms. The van der Waals surface area contributed by atoms with Crippen molar-refractivity contribution in [3.63, 3.8) is 0 Å². The zero-order valence-electron chi connectivity index (χ0n) is 18.1. The fourth-order valence-electron chi connectivity index (χ4n) is 3.76. The Morgan fingerprint density at radius 1 is 1.13 bits per heavy atom. The van der Waals surface area contributed by atoms with E-state index in [0.29, 0.717) is 16.4 Å². The predicted octanol–water partition coefficient (Wildman–Crippen LogP) is 3.20. The Hall–Kier alpha value is -2.29. The van der Waals surface area contributed by atoms with Gasteiger partial charge in [-0.25, -0.2) is 8.42 Å². The molecule has 0 aromatic heterocycles. The van der Waals surface area contributed by atoms with E-state index in [1.54, 1.807) is 18.2 Å². The highest BCUT2D eigenvalue weighted by molar-refractivity contribution is 7.92. The number of carbonyl (C=O) groups is 1. The van der Waals surface area contributed by atoms with Crippen LogP contribution in [0.2, 0.25) is 5.02 Å². The summed E-state index contributed by atoms with van der Waals surface area (Å²) in [5.74, 6) is -0.422. The molecule has 1 saturated heterocycles. The van der Waals surface area contributed by atoms with Gasteiger partial charge in [0, 0.05) is 42.6 Å². The Balaban J connectivity index is 1.69. The maximum absolute atomic E-state index is 12.6. The van der Waals surface area contributed by atoms with E-state index in [1.807, 2.05) is 25.1 Å². The van der Waals surface area contributed by atoms with Gasteiger partial charge in [0.1, 0.15) is 6.54 Å². The normalized spacial score (nSPS) is 15.0. The number of amides is 1. The van der Waals surface area contributed by atoms with Crippen molar-refractivity contribution in [2.24, 2.45) is 0 Å². The van der Waals surface area contributed by atoms with Gasteiger partial charge in [-0.15, -0.1) is 0 Å². The van der Waals surface area contributed by atoms with Crippen molar-refractivity contribution in [1.29, 1.82) is 0 Å². The number of aryl methyl sites for hydroxylation is 1.